The molecule has 4 heteroatoms. The number of rotatable bonds is 3. The number of hydrogen-bond acceptors (Lipinski definition) is 2. The highest BCUT2D eigenvalue weighted by Crippen LogP contribution is 2.43. The Kier molecular flexibility index (Phi) is 2.87. The number of fused-ring (bicyclic) bond motifs is 2. The molecule has 2 heterocycles. The summed E-state index contributed by atoms with van der Waals surface area (Å²) in [7, 11) is 0. The molecule has 0 N–H and O–H groups in total. The zero-order chi connectivity index (χ0) is 11.9. The fraction of sp³-hybridized carbons (Fsp3) is 0.538. The SMILES string of the molecule is Fc1ccc(OCC23CCC(CC2)O3)cc1Br. The van der Waals surface area contributed by atoms with E-state index in [4.69, 9.17) is 9.47 Å². The second-order valence-corrected chi connectivity index (χ2v) is 5.72. The van der Waals surface area contributed by atoms with Crippen LogP contribution in [-0.4, -0.2) is 18.3 Å². The van der Waals surface area contributed by atoms with E-state index in [1.807, 2.05) is 0 Å². The molecule has 0 radical (unpaired) electrons. The lowest BCUT2D eigenvalue weighted by atomic mass is 9.89. The van der Waals surface area contributed by atoms with Crippen molar-refractivity contribution in [3.8, 4) is 5.75 Å². The summed E-state index contributed by atoms with van der Waals surface area (Å²) in [5.41, 5.74) is -0.0778. The Morgan fingerprint density at radius 1 is 1.41 bits per heavy atom. The molecular weight excluding hydrogens is 287 g/mol. The van der Waals surface area contributed by atoms with Gasteiger partial charge in [0.25, 0.3) is 0 Å². The quantitative estimate of drug-likeness (QED) is 0.848. The van der Waals surface area contributed by atoms with Crippen molar-refractivity contribution in [3.63, 3.8) is 0 Å². The van der Waals surface area contributed by atoms with E-state index in [9.17, 15) is 4.39 Å². The van der Waals surface area contributed by atoms with Crippen LogP contribution in [0.1, 0.15) is 25.7 Å². The van der Waals surface area contributed by atoms with E-state index >= 15 is 0 Å². The van der Waals surface area contributed by atoms with Crippen LogP contribution in [-0.2, 0) is 4.74 Å². The van der Waals surface area contributed by atoms with Gasteiger partial charge in [-0.1, -0.05) is 0 Å². The standard InChI is InChI=1S/C13H14BrFO2/c14-11-7-10(1-2-12(11)15)16-8-13-5-3-9(17-13)4-6-13/h1-2,7,9H,3-6,8H2. The topological polar surface area (TPSA) is 18.5 Å². The van der Waals surface area contributed by atoms with Crippen molar-refractivity contribution in [1.29, 1.82) is 0 Å². The molecule has 0 aliphatic carbocycles. The first-order valence-electron chi connectivity index (χ1n) is 5.93. The Labute approximate surface area is 108 Å². The van der Waals surface area contributed by atoms with E-state index in [0.29, 0.717) is 22.9 Å². The Bertz CT molecular complexity index is 427. The Hall–Kier alpha value is -0.610. The molecule has 2 aliphatic rings. The number of ether oxygens (including phenoxy) is 2. The van der Waals surface area contributed by atoms with Crippen molar-refractivity contribution in [2.75, 3.05) is 6.61 Å². The van der Waals surface area contributed by atoms with Crippen molar-refractivity contribution in [2.24, 2.45) is 0 Å². The van der Waals surface area contributed by atoms with Crippen molar-refractivity contribution >= 4 is 15.9 Å². The number of benzene rings is 1. The first kappa shape index (κ1) is 11.5. The van der Waals surface area contributed by atoms with Crippen LogP contribution in [0.15, 0.2) is 22.7 Å². The molecule has 2 nitrogen and oxygen atoms in total. The molecule has 1 aromatic carbocycles. The second-order valence-electron chi connectivity index (χ2n) is 4.86. The summed E-state index contributed by atoms with van der Waals surface area (Å²) < 4.78 is 25.1. The lowest BCUT2D eigenvalue weighted by Crippen LogP contribution is -2.32. The average molecular weight is 301 g/mol. The van der Waals surface area contributed by atoms with Crippen molar-refractivity contribution in [2.45, 2.75) is 37.4 Å². The smallest absolute Gasteiger partial charge is 0.137 e. The first-order chi connectivity index (χ1) is 8.17. The number of halogens is 2. The summed E-state index contributed by atoms with van der Waals surface area (Å²) >= 11 is 3.15. The average Bonchev–Trinajstić information content (AvgIpc) is 2.91. The summed E-state index contributed by atoms with van der Waals surface area (Å²) in [5.74, 6) is 0.417. The van der Waals surface area contributed by atoms with Crippen LogP contribution in [0.4, 0.5) is 4.39 Å². The van der Waals surface area contributed by atoms with Gasteiger partial charge in [0, 0.05) is 0 Å². The van der Waals surface area contributed by atoms with Gasteiger partial charge < -0.3 is 9.47 Å². The van der Waals surface area contributed by atoms with Gasteiger partial charge in [0.2, 0.25) is 0 Å². The molecule has 0 aromatic heterocycles. The molecule has 2 bridgehead atoms. The predicted octanol–water partition coefficient (Wildman–Crippen LogP) is 3.68. The van der Waals surface area contributed by atoms with Crippen LogP contribution in [0.3, 0.4) is 0 Å². The second kappa shape index (κ2) is 4.25. The van der Waals surface area contributed by atoms with Gasteiger partial charge in [-0.15, -0.1) is 0 Å². The molecular formula is C13H14BrFO2. The summed E-state index contributed by atoms with van der Waals surface area (Å²) in [4.78, 5) is 0. The summed E-state index contributed by atoms with van der Waals surface area (Å²) in [6.45, 7) is 0.571. The fourth-order valence-electron chi connectivity index (χ4n) is 2.67. The monoisotopic (exact) mass is 300 g/mol. The van der Waals surface area contributed by atoms with Crippen LogP contribution in [0.2, 0.25) is 0 Å². The third-order valence-corrected chi connectivity index (χ3v) is 4.26. The largest absolute Gasteiger partial charge is 0.491 e. The van der Waals surface area contributed by atoms with Gasteiger partial charge in [0.15, 0.2) is 0 Å². The van der Waals surface area contributed by atoms with Crippen LogP contribution >= 0.6 is 15.9 Å². The van der Waals surface area contributed by atoms with E-state index in [1.54, 1.807) is 12.1 Å². The molecule has 2 fully saturated rings. The van der Waals surface area contributed by atoms with Gasteiger partial charge in [-0.3, -0.25) is 0 Å². The van der Waals surface area contributed by atoms with Crippen molar-refractivity contribution in [3.05, 3.63) is 28.5 Å². The van der Waals surface area contributed by atoms with E-state index in [0.717, 1.165) is 25.7 Å². The lowest BCUT2D eigenvalue weighted by Gasteiger charge is -2.24. The maximum Gasteiger partial charge on any atom is 0.137 e. The zero-order valence-corrected chi connectivity index (χ0v) is 11.0. The minimum Gasteiger partial charge on any atom is -0.491 e. The summed E-state index contributed by atoms with van der Waals surface area (Å²) in [6.07, 6.45) is 4.91. The molecule has 2 saturated heterocycles. The van der Waals surface area contributed by atoms with Crippen LogP contribution in [0, 0.1) is 5.82 Å². The first-order valence-corrected chi connectivity index (χ1v) is 6.72. The maximum absolute atomic E-state index is 13.1. The van der Waals surface area contributed by atoms with E-state index in [-0.39, 0.29) is 11.4 Å². The molecule has 0 saturated carbocycles. The Morgan fingerprint density at radius 2 is 2.18 bits per heavy atom. The van der Waals surface area contributed by atoms with E-state index < -0.39 is 0 Å². The molecule has 0 spiro atoms. The molecule has 1 aromatic rings. The van der Waals surface area contributed by atoms with Gasteiger partial charge in [-0.25, -0.2) is 4.39 Å². The highest BCUT2D eigenvalue weighted by molar-refractivity contribution is 9.10. The van der Waals surface area contributed by atoms with Crippen LogP contribution < -0.4 is 4.74 Å². The summed E-state index contributed by atoms with van der Waals surface area (Å²) in [6, 6.07) is 4.72. The molecule has 2 aliphatic heterocycles. The molecule has 0 atom stereocenters. The van der Waals surface area contributed by atoms with Crippen molar-refractivity contribution in [1.82, 2.24) is 0 Å². The third kappa shape index (κ3) is 2.20. The predicted molar refractivity (Wildman–Crippen MR) is 65.7 cm³/mol. The van der Waals surface area contributed by atoms with Gasteiger partial charge in [-0.2, -0.15) is 0 Å². The van der Waals surface area contributed by atoms with E-state index in [2.05, 4.69) is 15.9 Å². The zero-order valence-electron chi connectivity index (χ0n) is 9.42. The lowest BCUT2D eigenvalue weighted by molar-refractivity contribution is -0.0198. The highest BCUT2D eigenvalue weighted by atomic mass is 79.9. The summed E-state index contributed by atoms with van der Waals surface area (Å²) in [5, 5.41) is 0. The molecule has 17 heavy (non-hydrogen) atoms. The number of hydrogen-bond donors (Lipinski definition) is 0. The fourth-order valence-corrected chi connectivity index (χ4v) is 3.02. The van der Waals surface area contributed by atoms with Gasteiger partial charge in [0.05, 0.1) is 10.6 Å². The highest BCUT2D eigenvalue weighted by Gasteiger charge is 2.46. The normalized spacial score (nSPS) is 30.8. The minimum atomic E-state index is -0.270. The Balaban J connectivity index is 1.65. The molecule has 3 rings (SSSR count). The van der Waals surface area contributed by atoms with Crippen LogP contribution in [0.5, 0.6) is 5.75 Å². The molecule has 0 amide bonds. The molecule has 0 unspecified atom stereocenters. The van der Waals surface area contributed by atoms with E-state index in [1.165, 1.54) is 6.07 Å². The van der Waals surface area contributed by atoms with Gasteiger partial charge in [0.1, 0.15) is 23.8 Å². The Morgan fingerprint density at radius 3 is 2.76 bits per heavy atom. The van der Waals surface area contributed by atoms with Gasteiger partial charge >= 0.3 is 0 Å². The minimum absolute atomic E-state index is 0.0778. The van der Waals surface area contributed by atoms with Crippen molar-refractivity contribution < 1.29 is 13.9 Å². The van der Waals surface area contributed by atoms with Crippen LogP contribution in [0.25, 0.3) is 0 Å². The third-order valence-electron chi connectivity index (χ3n) is 3.65. The maximum atomic E-state index is 13.1. The van der Waals surface area contributed by atoms with Gasteiger partial charge in [-0.05, 0) is 59.8 Å². The molecule has 92 valence electrons.